The molecule has 0 fully saturated rings. The first-order valence-electron chi connectivity index (χ1n) is 4.85. The van der Waals surface area contributed by atoms with E-state index in [0.717, 1.165) is 13.0 Å². The summed E-state index contributed by atoms with van der Waals surface area (Å²) >= 11 is 0. The van der Waals surface area contributed by atoms with E-state index in [4.69, 9.17) is 1.41 Å². The van der Waals surface area contributed by atoms with E-state index < -0.39 is 0 Å². The third-order valence-corrected chi connectivity index (χ3v) is 2.41. The van der Waals surface area contributed by atoms with Gasteiger partial charge in [-0.2, -0.15) is 0 Å². The van der Waals surface area contributed by atoms with Crippen molar-refractivity contribution in [3.8, 4) is 0 Å². The van der Waals surface area contributed by atoms with E-state index in [0.29, 0.717) is 12.6 Å². The lowest BCUT2D eigenvalue weighted by atomic mass is 9.96. The zero-order valence-electron chi connectivity index (χ0n) is 8.01. The van der Waals surface area contributed by atoms with Crippen LogP contribution in [0.1, 0.15) is 11.1 Å². The topological polar surface area (TPSA) is 38.0 Å². The van der Waals surface area contributed by atoms with Crippen molar-refractivity contribution >= 4 is 0 Å². The van der Waals surface area contributed by atoms with Crippen molar-refractivity contribution in [2.24, 2.45) is 5.73 Å². The minimum absolute atomic E-state index is 0.410. The van der Waals surface area contributed by atoms with Crippen LogP contribution in [0.25, 0.3) is 0 Å². The minimum atomic E-state index is 0.410. The number of rotatable bonds is 2. The second-order valence-electron chi connectivity index (χ2n) is 3.25. The van der Waals surface area contributed by atoms with E-state index in [-0.39, 0.29) is 0 Å². The number of fused-ring (bicyclic) bond motifs is 1. The highest BCUT2D eigenvalue weighted by molar-refractivity contribution is 5.29. The Labute approximate surface area is 74.2 Å². The molecule has 0 bridgehead atoms. The fourth-order valence-electron chi connectivity index (χ4n) is 1.67. The summed E-state index contributed by atoms with van der Waals surface area (Å²) in [4.78, 5) is 0. The Balaban J connectivity index is 2.11. The number of nitrogens with two attached hydrogens (primary N) is 1. The molecule has 0 spiro atoms. The van der Waals surface area contributed by atoms with Crippen molar-refractivity contribution in [3.05, 3.63) is 35.4 Å². The summed E-state index contributed by atoms with van der Waals surface area (Å²) < 4.78 is 6.93. The predicted molar refractivity (Wildman–Crippen MR) is 49.8 cm³/mol. The van der Waals surface area contributed by atoms with Crippen LogP contribution in [0.4, 0.5) is 0 Å². The third-order valence-electron chi connectivity index (χ3n) is 2.41. The lowest BCUT2D eigenvalue weighted by molar-refractivity contribution is 0.487. The Morgan fingerprint density at radius 2 is 2.33 bits per heavy atom. The van der Waals surface area contributed by atoms with Crippen molar-refractivity contribution < 1.29 is 1.41 Å². The number of benzene rings is 1. The number of nitrogens with one attached hydrogen (secondary N) is 1. The monoisotopic (exact) mass is 163 g/mol. The smallest absolute Gasteiger partial charge is 0.118 e. The van der Waals surface area contributed by atoms with E-state index in [1.807, 2.05) is 0 Å². The van der Waals surface area contributed by atoms with Gasteiger partial charge in [-0.25, -0.2) is 0 Å². The standard InChI is InChI=1S/C10H14N2/c11-6-10-5-8-3-1-2-4-9(8)7-12-10/h1-4,10,12H,5-7,11H2/i/hD. The molecule has 12 heavy (non-hydrogen) atoms. The summed E-state index contributed by atoms with van der Waals surface area (Å²) in [5.41, 5.74) is 5.27. The van der Waals surface area contributed by atoms with Gasteiger partial charge in [-0.3, -0.25) is 0 Å². The molecular formula is C10H14N2. The van der Waals surface area contributed by atoms with Crippen molar-refractivity contribution in [3.63, 3.8) is 0 Å². The van der Waals surface area contributed by atoms with Gasteiger partial charge in [0.2, 0.25) is 0 Å². The van der Waals surface area contributed by atoms with Crippen LogP contribution in [0.5, 0.6) is 0 Å². The van der Waals surface area contributed by atoms with Gasteiger partial charge in [0.05, 0.1) is 0 Å². The molecule has 1 atom stereocenters. The Bertz CT molecular complexity index is 288. The van der Waals surface area contributed by atoms with Gasteiger partial charge in [0.25, 0.3) is 0 Å². The zero-order chi connectivity index (χ0) is 9.10. The van der Waals surface area contributed by atoms with Gasteiger partial charge in [0.15, 0.2) is 0 Å². The van der Waals surface area contributed by atoms with Crippen molar-refractivity contribution in [1.82, 2.24) is 5.32 Å². The Hall–Kier alpha value is -0.860. The Morgan fingerprint density at radius 3 is 3.17 bits per heavy atom. The van der Waals surface area contributed by atoms with E-state index in [1.165, 1.54) is 11.1 Å². The van der Waals surface area contributed by atoms with Crippen molar-refractivity contribution in [2.45, 2.75) is 19.0 Å². The van der Waals surface area contributed by atoms with E-state index in [2.05, 4.69) is 35.3 Å². The maximum atomic E-state index is 6.93. The first-order valence-corrected chi connectivity index (χ1v) is 4.35. The molecule has 0 saturated carbocycles. The summed E-state index contributed by atoms with van der Waals surface area (Å²) in [6.07, 6.45) is 1.03. The summed E-state index contributed by atoms with van der Waals surface area (Å²) in [5, 5.41) is 3.39. The average molecular weight is 163 g/mol. The van der Waals surface area contributed by atoms with Gasteiger partial charge < -0.3 is 11.0 Å². The lowest BCUT2D eigenvalue weighted by Crippen LogP contribution is -2.40. The SMILES string of the molecule is [2H]NCC1Cc2ccccc2CN1. The molecule has 3 N–H and O–H groups in total. The van der Waals surface area contributed by atoms with Gasteiger partial charge in [0, 0.05) is 19.1 Å². The van der Waals surface area contributed by atoms with Crippen LogP contribution in [0.3, 0.4) is 0 Å². The molecule has 2 heteroatoms. The van der Waals surface area contributed by atoms with Crippen LogP contribution in [0.2, 0.25) is 1.41 Å². The molecule has 0 aromatic heterocycles. The van der Waals surface area contributed by atoms with Gasteiger partial charge >= 0.3 is 0 Å². The second kappa shape index (κ2) is 3.25. The Morgan fingerprint density at radius 1 is 1.50 bits per heavy atom. The maximum absolute atomic E-state index is 6.93. The molecule has 64 valence electrons. The first kappa shape index (κ1) is 6.63. The predicted octanol–water partition coefficient (Wildman–Crippen LogP) is 0.660. The molecule has 0 radical (unpaired) electrons. The summed E-state index contributed by atoms with van der Waals surface area (Å²) in [7, 11) is 0. The molecule has 2 rings (SSSR count). The Kier molecular flexibility index (Phi) is 1.80. The molecule has 1 unspecified atom stereocenters. The molecule has 2 nitrogen and oxygen atoms in total. The molecule has 0 saturated heterocycles. The molecule has 0 aliphatic carbocycles. The highest BCUT2D eigenvalue weighted by atomic mass is 14.9. The van der Waals surface area contributed by atoms with E-state index >= 15 is 0 Å². The van der Waals surface area contributed by atoms with Gasteiger partial charge in [-0.15, -0.1) is 0 Å². The van der Waals surface area contributed by atoms with Crippen LogP contribution in [-0.2, 0) is 13.0 Å². The summed E-state index contributed by atoms with van der Waals surface area (Å²) in [6.45, 7) is 1.65. The van der Waals surface area contributed by atoms with Gasteiger partial charge in [-0.1, -0.05) is 24.3 Å². The number of hydrogen-bond acceptors (Lipinski definition) is 2. The molecule has 1 heterocycles. The van der Waals surface area contributed by atoms with E-state index in [9.17, 15) is 0 Å². The van der Waals surface area contributed by atoms with Gasteiger partial charge in [0.1, 0.15) is 1.41 Å². The fourth-order valence-corrected chi connectivity index (χ4v) is 1.67. The molecule has 1 aromatic carbocycles. The van der Waals surface area contributed by atoms with Gasteiger partial charge in [-0.05, 0) is 17.5 Å². The summed E-state index contributed by atoms with van der Waals surface area (Å²) in [5.74, 6) is 0. The van der Waals surface area contributed by atoms with Crippen LogP contribution in [-0.4, -0.2) is 12.6 Å². The van der Waals surface area contributed by atoms with Crippen LogP contribution in [0, 0.1) is 0 Å². The minimum Gasteiger partial charge on any atom is -0.329 e. The summed E-state index contributed by atoms with van der Waals surface area (Å²) in [6, 6.07) is 8.89. The molecule has 1 aliphatic rings. The van der Waals surface area contributed by atoms with Crippen LogP contribution in [0.15, 0.2) is 24.3 Å². The molecular weight excluding hydrogens is 148 g/mol. The van der Waals surface area contributed by atoms with E-state index in [1.54, 1.807) is 0 Å². The average Bonchev–Trinajstić information content (AvgIpc) is 2.18. The van der Waals surface area contributed by atoms with Crippen molar-refractivity contribution in [2.75, 3.05) is 6.54 Å². The zero-order valence-corrected chi connectivity index (χ0v) is 7.01. The highest BCUT2D eigenvalue weighted by Gasteiger charge is 2.14. The first-order chi connectivity index (χ1) is 6.40. The molecule has 1 aliphatic heterocycles. The molecule has 1 aromatic rings. The largest absolute Gasteiger partial charge is 0.329 e. The third kappa shape index (κ3) is 1.36. The molecule has 0 amide bonds. The second-order valence-corrected chi connectivity index (χ2v) is 3.25. The quantitative estimate of drug-likeness (QED) is 0.672. The normalized spacial score (nSPS) is 23.0. The highest BCUT2D eigenvalue weighted by Crippen LogP contribution is 2.15. The van der Waals surface area contributed by atoms with Crippen LogP contribution >= 0.6 is 0 Å². The lowest BCUT2D eigenvalue weighted by Gasteiger charge is -2.24. The van der Waals surface area contributed by atoms with Crippen molar-refractivity contribution in [1.29, 1.82) is 0 Å². The van der Waals surface area contributed by atoms with Crippen LogP contribution < -0.4 is 11.0 Å². The number of hydrogen-bond donors (Lipinski definition) is 2. The maximum Gasteiger partial charge on any atom is 0.118 e. The fraction of sp³-hybridized carbons (Fsp3) is 0.400.